The zero-order chi connectivity index (χ0) is 3.58. The largest absolute Gasteiger partial charge is 0.738 e. The smallest absolute Gasteiger partial charge is 0 e. The van der Waals surface area contributed by atoms with E-state index in [1.54, 1.807) is 0 Å². The summed E-state index contributed by atoms with van der Waals surface area (Å²) in [6, 6.07) is 0. The van der Waals surface area contributed by atoms with Crippen LogP contribution in [-0.4, -0.2) is 48.7 Å². The molecule has 0 unspecified atom stereocenters. The molecule has 0 atom stereocenters. The molecule has 0 bridgehead atoms. The van der Waals surface area contributed by atoms with E-state index in [9.17, 15) is 0 Å². The molecule has 0 aliphatic carbocycles. The van der Waals surface area contributed by atoms with Crippen LogP contribution in [0.4, 0.5) is 0 Å². The third kappa shape index (κ3) is 1320. The van der Waals surface area contributed by atoms with Crippen molar-refractivity contribution in [2.75, 3.05) is 0 Å². The normalized spacial score (nSPS) is 3.27. The molecule has 0 aliphatic rings. The van der Waals surface area contributed by atoms with E-state index < -0.39 is 5.39 Å². The molecule has 0 aromatic heterocycles. The van der Waals surface area contributed by atoms with Crippen LogP contribution in [0.15, 0.2) is 0 Å². The van der Waals surface area contributed by atoms with Gasteiger partial charge >= 0.3 is 0 Å². The van der Waals surface area contributed by atoms with Crippen LogP contribution in [0.2, 0.25) is 0 Å². The molecule has 0 aliphatic heterocycles. The Balaban J connectivity index is -0.00000000214. The van der Waals surface area contributed by atoms with Crippen LogP contribution in [0.1, 0.15) is 0 Å². The molecule has 11 heavy (non-hydrogen) atoms. The maximum absolute atomic E-state index is 8.47. The Morgan fingerprint density at radius 1 is 0.727 bits per heavy atom. The Bertz CT molecular complexity index is 14.3. The molecule has 1 radical (unpaired) electrons. The molecule has 77 valence electrons. The second-order valence-corrected chi connectivity index (χ2v) is 0.253. The van der Waals surface area contributed by atoms with E-state index in [1.807, 2.05) is 0 Å². The summed E-state index contributed by atoms with van der Waals surface area (Å²) in [4.78, 5) is 0. The van der Waals surface area contributed by atoms with Gasteiger partial charge in [0.25, 0.3) is 0 Å². The maximum atomic E-state index is 8.47. The second kappa shape index (κ2) is 71.9. The molecule has 0 aromatic rings. The fraction of sp³-hybridized carbons (Fsp3) is 0. The van der Waals surface area contributed by atoms with Crippen LogP contribution in [-0.2, 0) is 0 Å². The van der Waals surface area contributed by atoms with Crippen LogP contribution in [0.25, 0.3) is 0 Å². The van der Waals surface area contributed by atoms with Crippen LogP contribution in [0, 0.1) is 40.8 Å². The van der Waals surface area contributed by atoms with Gasteiger partial charge < -0.3 is 48.5 Å². The summed E-state index contributed by atoms with van der Waals surface area (Å²) in [5.41, 5.74) is 0. The van der Waals surface area contributed by atoms with Gasteiger partial charge in [-0.05, 0) is 0 Å². The summed E-state index contributed by atoms with van der Waals surface area (Å²) in [5.74, 6) is 0. The monoisotopic (exact) mass is 311 g/mol. The molecule has 0 rings (SSSR count). The minimum Gasteiger partial charge on any atom is -0.738 e. The van der Waals surface area contributed by atoms with E-state index in [1.165, 1.54) is 0 Å². The van der Waals surface area contributed by atoms with Crippen LogP contribution >= 0.6 is 0 Å². The predicted molar refractivity (Wildman–Crippen MR) is 30.5 cm³/mol. The molecular formula is H14LaNO9-. The standard InChI is InChI=1S/La.H2NO3.6H2O/c;2-1(3)4;;;;;;/h;2-3H;6*1H2/q;-1;;;;;;. The molecule has 0 saturated heterocycles. The summed E-state index contributed by atoms with van der Waals surface area (Å²) < 4.78 is 0. The van der Waals surface area contributed by atoms with E-state index in [2.05, 4.69) is 0 Å². The van der Waals surface area contributed by atoms with Crippen molar-refractivity contribution in [2.24, 2.45) is 0 Å². The van der Waals surface area contributed by atoms with Crippen molar-refractivity contribution in [3.63, 3.8) is 0 Å². The Hall–Kier alpha value is 0.795. The molecule has 10 nitrogen and oxygen atoms in total. The first kappa shape index (κ1) is 95.4. The van der Waals surface area contributed by atoms with Gasteiger partial charge in [-0.1, -0.05) is 0 Å². The molecule has 0 fully saturated rings. The summed E-state index contributed by atoms with van der Waals surface area (Å²) in [5, 5.41) is 21.0. The molecule has 0 saturated carbocycles. The van der Waals surface area contributed by atoms with Crippen molar-refractivity contribution in [1.82, 2.24) is 5.39 Å². The Kier molecular flexibility index (Phi) is 624. The number of hydrogen-bond acceptors (Lipinski definition) is 4. The number of nitrogens with zero attached hydrogens (tertiary/aromatic N) is 1. The minimum atomic E-state index is -1.25. The minimum absolute atomic E-state index is 0. The average Bonchev–Trinajstić information content (AvgIpc) is 0.811. The summed E-state index contributed by atoms with van der Waals surface area (Å²) >= 11 is 0. The quantitative estimate of drug-likeness (QED) is 0.415. The van der Waals surface area contributed by atoms with Gasteiger partial charge in [-0.15, -0.1) is 5.39 Å². The molecule has 0 spiro atoms. The first-order valence-corrected chi connectivity index (χ1v) is 0.583. The van der Waals surface area contributed by atoms with Gasteiger partial charge in [0.05, 0.1) is 0 Å². The third-order valence-electron chi connectivity index (χ3n) is 0. The zero-order valence-corrected chi connectivity index (χ0v) is 8.95. The van der Waals surface area contributed by atoms with Crippen molar-refractivity contribution in [3.05, 3.63) is 5.21 Å². The Morgan fingerprint density at radius 2 is 0.727 bits per heavy atom. The van der Waals surface area contributed by atoms with Gasteiger partial charge in [-0.3, -0.25) is 0 Å². The van der Waals surface area contributed by atoms with Crippen LogP contribution in [0.3, 0.4) is 0 Å². The fourth-order valence-electron chi connectivity index (χ4n) is 0. The van der Waals surface area contributed by atoms with E-state index in [0.29, 0.717) is 0 Å². The van der Waals surface area contributed by atoms with Gasteiger partial charge in [-0.2, -0.15) is 0 Å². The molecule has 0 aromatic carbocycles. The van der Waals surface area contributed by atoms with Gasteiger partial charge in [0.15, 0.2) is 0 Å². The predicted octanol–water partition coefficient (Wildman–Crippen LogP) is -5.38. The first-order chi connectivity index (χ1) is 1.73. The zero-order valence-electron chi connectivity index (χ0n) is 5.33. The fourth-order valence-corrected chi connectivity index (χ4v) is 0. The maximum Gasteiger partial charge on any atom is 0 e. The molecule has 0 amide bonds. The van der Waals surface area contributed by atoms with E-state index in [4.69, 9.17) is 15.6 Å². The summed E-state index contributed by atoms with van der Waals surface area (Å²) in [7, 11) is 0. The summed E-state index contributed by atoms with van der Waals surface area (Å²) in [6.45, 7) is 0. The molecular weight excluding hydrogens is 297 g/mol. The van der Waals surface area contributed by atoms with Crippen molar-refractivity contribution >= 4 is 0 Å². The SMILES string of the molecule is O.O.O.O.O.O.[La].[O-]N(O)O. The number of hydrogen-bond donors (Lipinski definition) is 2. The topological polar surface area (TPSA) is 256 Å². The van der Waals surface area contributed by atoms with E-state index in [0.717, 1.165) is 0 Å². The van der Waals surface area contributed by atoms with Gasteiger partial charge in [0.1, 0.15) is 0 Å². The van der Waals surface area contributed by atoms with Gasteiger partial charge in [-0.25, -0.2) is 0 Å². The van der Waals surface area contributed by atoms with E-state index in [-0.39, 0.29) is 68.5 Å². The van der Waals surface area contributed by atoms with Crippen molar-refractivity contribution < 1.29 is 78.9 Å². The molecule has 0 heterocycles. The van der Waals surface area contributed by atoms with Crippen molar-refractivity contribution in [1.29, 1.82) is 0 Å². The van der Waals surface area contributed by atoms with Gasteiger partial charge in [0.2, 0.25) is 0 Å². The summed E-state index contributed by atoms with van der Waals surface area (Å²) in [6.07, 6.45) is 0. The Labute approximate surface area is 89.4 Å². The van der Waals surface area contributed by atoms with E-state index >= 15 is 0 Å². The molecule has 11 heteroatoms. The van der Waals surface area contributed by atoms with Gasteiger partial charge in [0, 0.05) is 35.6 Å². The average molecular weight is 311 g/mol. The third-order valence-corrected chi connectivity index (χ3v) is 0. The molecule has 14 N–H and O–H groups in total. The Morgan fingerprint density at radius 3 is 0.727 bits per heavy atom. The number of rotatable bonds is 0. The van der Waals surface area contributed by atoms with Crippen molar-refractivity contribution in [2.45, 2.75) is 0 Å². The second-order valence-electron chi connectivity index (χ2n) is 0.253. The first-order valence-electron chi connectivity index (χ1n) is 0.583. The van der Waals surface area contributed by atoms with Crippen LogP contribution in [0.5, 0.6) is 0 Å². The van der Waals surface area contributed by atoms with Crippen molar-refractivity contribution in [3.8, 4) is 0 Å². The van der Waals surface area contributed by atoms with Crippen LogP contribution < -0.4 is 0 Å².